The summed E-state index contributed by atoms with van der Waals surface area (Å²) in [5.41, 5.74) is 2.58. The van der Waals surface area contributed by atoms with Crippen LogP contribution in [-0.2, 0) is 16.0 Å². The average molecular weight is 303 g/mol. The number of benzene rings is 1. The summed E-state index contributed by atoms with van der Waals surface area (Å²) in [6.07, 6.45) is 2.24. The Bertz CT molecular complexity index is 500. The normalized spacial score (nSPS) is 18.8. The molecule has 0 saturated carbocycles. The number of nitrogens with zero attached hydrogens (tertiary/aromatic N) is 2. The molecule has 0 bridgehead atoms. The van der Waals surface area contributed by atoms with Crippen molar-refractivity contribution in [3.63, 3.8) is 0 Å². The van der Waals surface area contributed by atoms with Crippen LogP contribution < -0.4 is 10.2 Å². The fourth-order valence-electron chi connectivity index (χ4n) is 3.18. The van der Waals surface area contributed by atoms with Crippen LogP contribution in [0.15, 0.2) is 24.3 Å². The number of ether oxygens (including phenoxy) is 1. The maximum absolute atomic E-state index is 12.2. The van der Waals surface area contributed by atoms with Crippen LogP contribution in [0.2, 0.25) is 0 Å². The third-order valence-electron chi connectivity index (χ3n) is 4.39. The number of hydrogen-bond donors (Lipinski definition) is 1. The quantitative estimate of drug-likeness (QED) is 0.877. The molecule has 1 amide bonds. The molecule has 1 N–H and O–H groups in total. The van der Waals surface area contributed by atoms with Gasteiger partial charge in [-0.2, -0.15) is 0 Å². The van der Waals surface area contributed by atoms with E-state index in [9.17, 15) is 4.79 Å². The summed E-state index contributed by atoms with van der Waals surface area (Å²) in [6.45, 7) is 6.59. The number of morpholine rings is 1. The van der Waals surface area contributed by atoms with Crippen molar-refractivity contribution in [3.05, 3.63) is 29.8 Å². The molecule has 0 radical (unpaired) electrons. The van der Waals surface area contributed by atoms with Crippen molar-refractivity contribution in [2.45, 2.75) is 12.8 Å². The van der Waals surface area contributed by atoms with E-state index in [0.717, 1.165) is 52.2 Å². The van der Waals surface area contributed by atoms with Crippen LogP contribution in [0.1, 0.15) is 12.0 Å². The minimum absolute atomic E-state index is 0.116. The molecule has 1 fully saturated rings. The summed E-state index contributed by atoms with van der Waals surface area (Å²) >= 11 is 0. The molecule has 3 rings (SSSR count). The van der Waals surface area contributed by atoms with Crippen molar-refractivity contribution in [2.75, 3.05) is 57.4 Å². The fraction of sp³-hybridized carbons (Fsp3) is 0.588. The van der Waals surface area contributed by atoms with E-state index in [0.29, 0.717) is 13.1 Å². The summed E-state index contributed by atoms with van der Waals surface area (Å²) in [5.74, 6) is 0.116. The Labute approximate surface area is 132 Å². The Kier molecular flexibility index (Phi) is 5.29. The first kappa shape index (κ1) is 15.3. The second-order valence-corrected chi connectivity index (χ2v) is 5.96. The van der Waals surface area contributed by atoms with Gasteiger partial charge in [-0.05, 0) is 24.5 Å². The maximum Gasteiger partial charge on any atom is 0.239 e. The van der Waals surface area contributed by atoms with Crippen molar-refractivity contribution in [2.24, 2.45) is 0 Å². The molecular formula is C17H25N3O2. The van der Waals surface area contributed by atoms with Crippen molar-refractivity contribution in [1.29, 1.82) is 0 Å². The standard InChI is InChI=1S/C17H25N3O2/c21-17(18-7-9-19-10-12-22-13-11-19)14-20-8-3-5-15-4-1-2-6-16(15)20/h1-2,4,6H,3,5,7-14H2,(H,18,21). The number of anilines is 1. The number of rotatable bonds is 5. The molecule has 0 spiro atoms. The first-order valence-corrected chi connectivity index (χ1v) is 8.22. The summed E-state index contributed by atoms with van der Waals surface area (Å²) in [5, 5.41) is 3.04. The van der Waals surface area contributed by atoms with Crippen molar-refractivity contribution in [1.82, 2.24) is 10.2 Å². The molecule has 1 aromatic rings. The molecule has 0 aromatic heterocycles. The van der Waals surface area contributed by atoms with Crippen molar-refractivity contribution < 1.29 is 9.53 Å². The second kappa shape index (κ2) is 7.61. The highest BCUT2D eigenvalue weighted by Crippen LogP contribution is 2.26. The Hall–Kier alpha value is -1.59. The molecule has 2 aliphatic heterocycles. The van der Waals surface area contributed by atoms with Gasteiger partial charge in [0.05, 0.1) is 19.8 Å². The maximum atomic E-state index is 12.2. The Balaban J connectivity index is 1.44. The van der Waals surface area contributed by atoms with Crippen LogP contribution in [-0.4, -0.2) is 63.3 Å². The largest absolute Gasteiger partial charge is 0.379 e. The van der Waals surface area contributed by atoms with E-state index in [4.69, 9.17) is 4.74 Å². The molecular weight excluding hydrogens is 278 g/mol. The molecule has 120 valence electrons. The minimum atomic E-state index is 0.116. The number of aryl methyl sites for hydroxylation is 1. The van der Waals surface area contributed by atoms with Gasteiger partial charge in [0.25, 0.3) is 0 Å². The van der Waals surface area contributed by atoms with Gasteiger partial charge < -0.3 is 15.0 Å². The summed E-state index contributed by atoms with van der Waals surface area (Å²) in [6, 6.07) is 8.41. The smallest absolute Gasteiger partial charge is 0.239 e. The predicted molar refractivity (Wildman–Crippen MR) is 87.2 cm³/mol. The third-order valence-corrected chi connectivity index (χ3v) is 4.39. The molecule has 0 aliphatic carbocycles. The van der Waals surface area contributed by atoms with E-state index in [1.807, 2.05) is 6.07 Å². The lowest BCUT2D eigenvalue weighted by Gasteiger charge is -2.31. The highest BCUT2D eigenvalue weighted by atomic mass is 16.5. The molecule has 2 aliphatic rings. The summed E-state index contributed by atoms with van der Waals surface area (Å²) in [4.78, 5) is 16.7. The zero-order valence-corrected chi connectivity index (χ0v) is 13.1. The van der Waals surface area contributed by atoms with E-state index in [2.05, 4.69) is 33.3 Å². The molecule has 0 unspecified atom stereocenters. The number of para-hydroxylation sites is 1. The Morgan fingerprint density at radius 3 is 2.86 bits per heavy atom. The van der Waals surface area contributed by atoms with Crippen LogP contribution >= 0.6 is 0 Å². The number of amides is 1. The van der Waals surface area contributed by atoms with Crippen LogP contribution in [0.3, 0.4) is 0 Å². The van der Waals surface area contributed by atoms with Crippen LogP contribution in [0.4, 0.5) is 5.69 Å². The topological polar surface area (TPSA) is 44.8 Å². The molecule has 5 heteroatoms. The molecule has 1 aromatic carbocycles. The third kappa shape index (κ3) is 3.99. The molecule has 1 saturated heterocycles. The monoisotopic (exact) mass is 303 g/mol. The number of fused-ring (bicyclic) bond motifs is 1. The first-order chi connectivity index (χ1) is 10.8. The highest BCUT2D eigenvalue weighted by Gasteiger charge is 2.18. The van der Waals surface area contributed by atoms with E-state index < -0.39 is 0 Å². The SMILES string of the molecule is O=C(CN1CCCc2ccccc21)NCCN1CCOCC1. The van der Waals surface area contributed by atoms with E-state index in [1.165, 1.54) is 11.3 Å². The lowest BCUT2D eigenvalue weighted by molar-refractivity contribution is -0.119. The van der Waals surface area contributed by atoms with Gasteiger partial charge in [0.15, 0.2) is 0 Å². The highest BCUT2D eigenvalue weighted by molar-refractivity contribution is 5.81. The van der Waals surface area contributed by atoms with Gasteiger partial charge in [-0.1, -0.05) is 18.2 Å². The molecule has 2 heterocycles. The number of nitrogens with one attached hydrogen (secondary N) is 1. The predicted octanol–water partition coefficient (Wildman–Crippen LogP) is 0.888. The van der Waals surface area contributed by atoms with Crippen molar-refractivity contribution >= 4 is 11.6 Å². The van der Waals surface area contributed by atoms with Gasteiger partial charge >= 0.3 is 0 Å². The first-order valence-electron chi connectivity index (χ1n) is 8.22. The lowest BCUT2D eigenvalue weighted by atomic mass is 10.0. The number of carbonyl (C=O) groups excluding carboxylic acids is 1. The van der Waals surface area contributed by atoms with Gasteiger partial charge in [0, 0.05) is 38.4 Å². The van der Waals surface area contributed by atoms with E-state index in [1.54, 1.807) is 0 Å². The molecule has 22 heavy (non-hydrogen) atoms. The summed E-state index contributed by atoms with van der Waals surface area (Å²) < 4.78 is 5.33. The minimum Gasteiger partial charge on any atom is -0.379 e. The van der Waals surface area contributed by atoms with Crippen LogP contribution in [0.25, 0.3) is 0 Å². The van der Waals surface area contributed by atoms with Crippen LogP contribution in [0, 0.1) is 0 Å². The second-order valence-electron chi connectivity index (χ2n) is 5.96. The van der Waals surface area contributed by atoms with E-state index >= 15 is 0 Å². The Morgan fingerprint density at radius 2 is 2.00 bits per heavy atom. The van der Waals surface area contributed by atoms with E-state index in [-0.39, 0.29) is 5.91 Å². The molecule has 5 nitrogen and oxygen atoms in total. The van der Waals surface area contributed by atoms with Crippen LogP contribution in [0.5, 0.6) is 0 Å². The summed E-state index contributed by atoms with van der Waals surface area (Å²) in [7, 11) is 0. The average Bonchev–Trinajstić information content (AvgIpc) is 2.56. The van der Waals surface area contributed by atoms with Gasteiger partial charge in [-0.3, -0.25) is 9.69 Å². The molecule has 0 atom stereocenters. The zero-order valence-electron chi connectivity index (χ0n) is 13.1. The van der Waals surface area contributed by atoms with Gasteiger partial charge in [-0.25, -0.2) is 0 Å². The fourth-order valence-corrected chi connectivity index (χ4v) is 3.18. The van der Waals surface area contributed by atoms with Gasteiger partial charge in [-0.15, -0.1) is 0 Å². The zero-order chi connectivity index (χ0) is 15.2. The number of carbonyl (C=O) groups is 1. The van der Waals surface area contributed by atoms with Gasteiger partial charge in [0.1, 0.15) is 0 Å². The lowest BCUT2D eigenvalue weighted by Crippen LogP contribution is -2.44. The van der Waals surface area contributed by atoms with Crippen molar-refractivity contribution in [3.8, 4) is 0 Å². The number of hydrogen-bond acceptors (Lipinski definition) is 4. The van der Waals surface area contributed by atoms with Gasteiger partial charge in [0.2, 0.25) is 5.91 Å². The Morgan fingerprint density at radius 1 is 1.18 bits per heavy atom.